The van der Waals surface area contributed by atoms with Crippen LogP contribution in [0.1, 0.15) is 30.0 Å². The molecular weight excluding hydrogens is 341 g/mol. The molecule has 3 nitrogen and oxygen atoms in total. The van der Waals surface area contributed by atoms with Crippen molar-refractivity contribution in [3.8, 4) is 0 Å². The lowest BCUT2D eigenvalue weighted by Crippen LogP contribution is -2.41. The minimum absolute atomic E-state index is 0.00108. The second kappa shape index (κ2) is 7.91. The van der Waals surface area contributed by atoms with Crippen LogP contribution in [0.5, 0.6) is 0 Å². The molecule has 5 heteroatoms. The molecule has 24 heavy (non-hydrogen) atoms. The maximum absolute atomic E-state index is 6.05. The summed E-state index contributed by atoms with van der Waals surface area (Å²) in [6.45, 7) is 1.88. The van der Waals surface area contributed by atoms with E-state index in [9.17, 15) is 0 Å². The number of rotatable bonds is 3. The number of guanidine groups is 1. The molecule has 0 radical (unpaired) electrons. The van der Waals surface area contributed by atoms with Crippen molar-refractivity contribution in [1.29, 1.82) is 0 Å². The second-order valence-electron chi connectivity index (χ2n) is 6.01. The molecule has 1 aliphatic heterocycles. The summed E-state index contributed by atoms with van der Waals surface area (Å²) in [6, 6.07) is 15.9. The topological polar surface area (TPSA) is 27.6 Å². The largest absolute Gasteiger partial charge is 0.346 e. The molecule has 1 N–H and O–H groups in total. The molecule has 0 atom stereocenters. The lowest BCUT2D eigenvalue weighted by atomic mass is 9.99. The highest BCUT2D eigenvalue weighted by Crippen LogP contribution is 2.25. The zero-order valence-corrected chi connectivity index (χ0v) is 15.2. The number of nitrogens with one attached hydrogen (secondary N) is 1. The second-order valence-corrected chi connectivity index (χ2v) is 6.89. The van der Waals surface area contributed by atoms with Crippen molar-refractivity contribution in [3.63, 3.8) is 0 Å². The summed E-state index contributed by atoms with van der Waals surface area (Å²) in [5.41, 5.74) is 2.28. The van der Waals surface area contributed by atoms with Gasteiger partial charge in [-0.15, -0.1) is 0 Å². The summed E-state index contributed by atoms with van der Waals surface area (Å²) in [4.78, 5) is 6.90. The molecule has 0 fully saturated rings. The van der Waals surface area contributed by atoms with E-state index in [-0.39, 0.29) is 6.04 Å². The van der Waals surface area contributed by atoms with E-state index in [1.54, 1.807) is 0 Å². The molecule has 0 spiro atoms. The first-order valence-electron chi connectivity index (χ1n) is 8.16. The van der Waals surface area contributed by atoms with E-state index in [0.717, 1.165) is 53.1 Å². The van der Waals surface area contributed by atoms with Gasteiger partial charge in [0.1, 0.15) is 0 Å². The van der Waals surface area contributed by atoms with Gasteiger partial charge in [-0.05, 0) is 48.2 Å². The molecule has 3 rings (SSSR count). The number of aliphatic imine (C=N–C) groups is 1. The molecule has 2 aromatic rings. The highest BCUT2D eigenvalue weighted by molar-refractivity contribution is 6.30. The summed E-state index contributed by atoms with van der Waals surface area (Å²) >= 11 is 12.1. The van der Waals surface area contributed by atoms with Gasteiger partial charge in [-0.2, -0.15) is 0 Å². The third-order valence-electron chi connectivity index (χ3n) is 4.20. The normalized spacial score (nSPS) is 15.2. The van der Waals surface area contributed by atoms with Gasteiger partial charge in [-0.3, -0.25) is 4.99 Å². The number of nitrogens with zero attached hydrogens (tertiary/aromatic N) is 2. The van der Waals surface area contributed by atoms with Crippen molar-refractivity contribution in [2.75, 3.05) is 20.1 Å². The average molecular weight is 362 g/mol. The Morgan fingerprint density at radius 2 is 1.46 bits per heavy atom. The molecule has 0 aromatic heterocycles. The van der Waals surface area contributed by atoms with Crippen molar-refractivity contribution >= 4 is 29.2 Å². The Bertz CT molecular complexity index is 650. The van der Waals surface area contributed by atoms with Crippen LogP contribution in [0.2, 0.25) is 10.0 Å². The van der Waals surface area contributed by atoms with Gasteiger partial charge in [0.05, 0.1) is 6.04 Å². The SMILES string of the molecule is CN1CCCCN=C1NC(c1ccc(Cl)cc1)c1ccc(Cl)cc1. The fourth-order valence-electron chi connectivity index (χ4n) is 2.83. The summed E-state index contributed by atoms with van der Waals surface area (Å²) in [5, 5.41) is 5.07. The first-order valence-corrected chi connectivity index (χ1v) is 8.92. The molecule has 0 amide bonds. The third-order valence-corrected chi connectivity index (χ3v) is 4.71. The van der Waals surface area contributed by atoms with E-state index in [1.807, 2.05) is 48.5 Å². The Kier molecular flexibility index (Phi) is 5.64. The summed E-state index contributed by atoms with van der Waals surface area (Å²) < 4.78 is 0. The predicted octanol–water partition coefficient (Wildman–Crippen LogP) is 4.75. The number of halogens is 2. The van der Waals surface area contributed by atoms with Crippen molar-refractivity contribution in [3.05, 3.63) is 69.7 Å². The van der Waals surface area contributed by atoms with Crippen molar-refractivity contribution in [1.82, 2.24) is 10.2 Å². The Labute approximate surface area is 153 Å². The maximum atomic E-state index is 6.05. The molecule has 0 saturated carbocycles. The van der Waals surface area contributed by atoms with Gasteiger partial charge in [0.2, 0.25) is 0 Å². The van der Waals surface area contributed by atoms with Crippen LogP contribution < -0.4 is 5.32 Å². The van der Waals surface area contributed by atoms with E-state index in [1.165, 1.54) is 0 Å². The van der Waals surface area contributed by atoms with Crippen LogP contribution >= 0.6 is 23.2 Å². The van der Waals surface area contributed by atoms with Gasteiger partial charge in [0.15, 0.2) is 5.96 Å². The average Bonchev–Trinajstić information content (AvgIpc) is 2.79. The van der Waals surface area contributed by atoms with Crippen LogP contribution in [0, 0.1) is 0 Å². The monoisotopic (exact) mass is 361 g/mol. The van der Waals surface area contributed by atoms with Gasteiger partial charge in [-0.25, -0.2) is 0 Å². The molecule has 0 bridgehead atoms. The molecule has 2 aromatic carbocycles. The smallest absolute Gasteiger partial charge is 0.194 e. The quantitative estimate of drug-likeness (QED) is 0.853. The van der Waals surface area contributed by atoms with Crippen molar-refractivity contribution in [2.45, 2.75) is 18.9 Å². The fourth-order valence-corrected chi connectivity index (χ4v) is 3.08. The van der Waals surface area contributed by atoms with Gasteiger partial charge >= 0.3 is 0 Å². The Morgan fingerprint density at radius 1 is 0.917 bits per heavy atom. The molecular formula is C19H21Cl2N3. The van der Waals surface area contributed by atoms with E-state index in [2.05, 4.69) is 17.3 Å². The predicted molar refractivity (Wildman–Crippen MR) is 102 cm³/mol. The minimum atomic E-state index is -0.00108. The number of hydrogen-bond acceptors (Lipinski definition) is 3. The lowest BCUT2D eigenvalue weighted by molar-refractivity contribution is 0.472. The van der Waals surface area contributed by atoms with Crippen LogP contribution in [0.3, 0.4) is 0 Å². The van der Waals surface area contributed by atoms with Crippen LogP contribution in [-0.2, 0) is 0 Å². The molecule has 126 valence electrons. The molecule has 1 heterocycles. The summed E-state index contributed by atoms with van der Waals surface area (Å²) in [5.74, 6) is 0.933. The Hall–Kier alpha value is -1.71. The molecule has 0 aliphatic carbocycles. The Morgan fingerprint density at radius 3 is 2.00 bits per heavy atom. The zero-order valence-electron chi connectivity index (χ0n) is 13.7. The van der Waals surface area contributed by atoms with E-state index in [4.69, 9.17) is 28.2 Å². The van der Waals surface area contributed by atoms with Gasteiger partial charge in [0, 0.05) is 30.2 Å². The Balaban J connectivity index is 1.93. The highest BCUT2D eigenvalue weighted by Gasteiger charge is 2.19. The van der Waals surface area contributed by atoms with Crippen LogP contribution in [0.25, 0.3) is 0 Å². The zero-order chi connectivity index (χ0) is 16.9. The molecule has 1 aliphatic rings. The molecule has 0 saturated heterocycles. The highest BCUT2D eigenvalue weighted by atomic mass is 35.5. The maximum Gasteiger partial charge on any atom is 0.194 e. The van der Waals surface area contributed by atoms with Crippen LogP contribution in [0.4, 0.5) is 0 Å². The first kappa shape index (κ1) is 17.1. The minimum Gasteiger partial charge on any atom is -0.346 e. The van der Waals surface area contributed by atoms with E-state index in [0.29, 0.717) is 0 Å². The first-order chi connectivity index (χ1) is 11.6. The third kappa shape index (κ3) is 4.22. The fraction of sp³-hybridized carbons (Fsp3) is 0.316. The van der Waals surface area contributed by atoms with Gasteiger partial charge in [-0.1, -0.05) is 47.5 Å². The van der Waals surface area contributed by atoms with Crippen LogP contribution in [-0.4, -0.2) is 31.0 Å². The van der Waals surface area contributed by atoms with Crippen molar-refractivity contribution < 1.29 is 0 Å². The summed E-state index contributed by atoms with van der Waals surface area (Å²) in [6.07, 6.45) is 2.29. The summed E-state index contributed by atoms with van der Waals surface area (Å²) in [7, 11) is 2.08. The number of hydrogen-bond donors (Lipinski definition) is 1. The van der Waals surface area contributed by atoms with E-state index < -0.39 is 0 Å². The van der Waals surface area contributed by atoms with Crippen molar-refractivity contribution in [2.24, 2.45) is 4.99 Å². The molecule has 0 unspecified atom stereocenters. The number of benzene rings is 2. The standard InChI is InChI=1S/C19H21Cl2N3/c1-24-13-3-2-12-22-19(24)23-18(14-4-8-16(20)9-5-14)15-6-10-17(21)11-7-15/h4-11,18H,2-3,12-13H2,1H3,(H,22,23). The van der Waals surface area contributed by atoms with Gasteiger partial charge < -0.3 is 10.2 Å². The van der Waals surface area contributed by atoms with Gasteiger partial charge in [0.25, 0.3) is 0 Å². The van der Waals surface area contributed by atoms with E-state index >= 15 is 0 Å². The van der Waals surface area contributed by atoms with Crippen LogP contribution in [0.15, 0.2) is 53.5 Å². The lowest BCUT2D eigenvalue weighted by Gasteiger charge is -2.27.